The van der Waals surface area contributed by atoms with Gasteiger partial charge in [0, 0.05) is 30.9 Å². The van der Waals surface area contributed by atoms with E-state index in [-0.39, 0.29) is 11.7 Å². The van der Waals surface area contributed by atoms with Crippen molar-refractivity contribution in [3.63, 3.8) is 0 Å². The molecule has 1 aromatic heterocycles. The zero-order valence-corrected chi connectivity index (χ0v) is 19.7. The van der Waals surface area contributed by atoms with Crippen LogP contribution in [-0.2, 0) is 11.2 Å². The van der Waals surface area contributed by atoms with Crippen molar-refractivity contribution in [2.75, 3.05) is 43.5 Å². The number of amides is 1. The summed E-state index contributed by atoms with van der Waals surface area (Å²) in [5, 5.41) is 11.5. The number of nitrogens with zero attached hydrogens (tertiary/aromatic N) is 3. The Hall–Kier alpha value is -3.20. The molecule has 3 aromatic rings. The number of thioether (sulfide) groups is 1. The minimum Gasteiger partial charge on any atom is -0.486 e. The molecule has 0 radical (unpaired) electrons. The Balaban J connectivity index is 1.22. The van der Waals surface area contributed by atoms with Gasteiger partial charge in [0.1, 0.15) is 13.2 Å². The van der Waals surface area contributed by atoms with E-state index < -0.39 is 0 Å². The molecule has 4 rings (SSSR count). The van der Waals surface area contributed by atoms with E-state index in [1.54, 1.807) is 0 Å². The van der Waals surface area contributed by atoms with Gasteiger partial charge < -0.3 is 24.1 Å². The fraction of sp³-hybridized carbons (Fsp3) is 0.375. The predicted octanol–water partition coefficient (Wildman–Crippen LogP) is 3.81. The topological polar surface area (TPSA) is 89.7 Å². The molecule has 9 heteroatoms. The molecule has 1 amide bonds. The van der Waals surface area contributed by atoms with Crippen LogP contribution in [-0.4, -0.2) is 54.7 Å². The fourth-order valence-corrected chi connectivity index (χ4v) is 4.15. The third-order valence-corrected chi connectivity index (χ3v) is 6.14. The first-order valence-corrected chi connectivity index (χ1v) is 12.1. The number of hydrogen-bond acceptors (Lipinski definition) is 8. The van der Waals surface area contributed by atoms with Crippen molar-refractivity contribution in [3.05, 3.63) is 48.0 Å². The molecule has 174 valence electrons. The molecule has 0 saturated heterocycles. The maximum atomic E-state index is 12.2. The van der Waals surface area contributed by atoms with Gasteiger partial charge in [0.25, 0.3) is 5.22 Å². The summed E-state index contributed by atoms with van der Waals surface area (Å²) in [5.74, 6) is 2.10. The largest absolute Gasteiger partial charge is 0.486 e. The molecule has 2 heterocycles. The van der Waals surface area contributed by atoms with Crippen molar-refractivity contribution < 1.29 is 18.7 Å². The van der Waals surface area contributed by atoms with E-state index in [2.05, 4.69) is 46.4 Å². The lowest BCUT2D eigenvalue weighted by atomic mass is 10.1. The van der Waals surface area contributed by atoms with Crippen LogP contribution in [0.4, 0.5) is 5.69 Å². The maximum Gasteiger partial charge on any atom is 0.277 e. The molecule has 1 aliphatic rings. The Kier molecular flexibility index (Phi) is 7.72. The van der Waals surface area contributed by atoms with Crippen molar-refractivity contribution in [1.82, 2.24) is 15.5 Å². The Labute approximate surface area is 197 Å². The van der Waals surface area contributed by atoms with E-state index in [0.29, 0.717) is 37.3 Å². The van der Waals surface area contributed by atoms with Crippen LogP contribution in [0, 0.1) is 0 Å². The average Bonchev–Trinajstić information content (AvgIpc) is 3.33. The average molecular weight is 469 g/mol. The second kappa shape index (κ2) is 11.1. The van der Waals surface area contributed by atoms with Gasteiger partial charge in [0.15, 0.2) is 11.5 Å². The van der Waals surface area contributed by atoms with E-state index in [1.165, 1.54) is 11.8 Å². The van der Waals surface area contributed by atoms with Gasteiger partial charge in [-0.05, 0) is 62.2 Å². The van der Waals surface area contributed by atoms with E-state index >= 15 is 0 Å². The number of rotatable bonds is 10. The second-order valence-corrected chi connectivity index (χ2v) is 8.39. The number of nitrogens with one attached hydrogen (secondary N) is 1. The van der Waals surface area contributed by atoms with Crippen LogP contribution >= 0.6 is 11.8 Å². The third kappa shape index (κ3) is 5.98. The molecule has 8 nitrogen and oxygen atoms in total. The van der Waals surface area contributed by atoms with Gasteiger partial charge in [-0.2, -0.15) is 0 Å². The van der Waals surface area contributed by atoms with Gasteiger partial charge in [-0.15, -0.1) is 10.2 Å². The van der Waals surface area contributed by atoms with Crippen molar-refractivity contribution in [1.29, 1.82) is 0 Å². The lowest BCUT2D eigenvalue weighted by Crippen LogP contribution is -2.27. The molecule has 0 fully saturated rings. The Morgan fingerprint density at radius 3 is 2.55 bits per heavy atom. The van der Waals surface area contributed by atoms with Crippen molar-refractivity contribution >= 4 is 23.4 Å². The van der Waals surface area contributed by atoms with Gasteiger partial charge in [-0.1, -0.05) is 17.8 Å². The second-order valence-electron chi connectivity index (χ2n) is 7.46. The Morgan fingerprint density at radius 1 is 1.03 bits per heavy atom. The molecular weight excluding hydrogens is 440 g/mol. The van der Waals surface area contributed by atoms with Crippen LogP contribution in [0.5, 0.6) is 11.5 Å². The highest BCUT2D eigenvalue weighted by Crippen LogP contribution is 2.31. The molecule has 1 aliphatic heterocycles. The summed E-state index contributed by atoms with van der Waals surface area (Å²) in [6.07, 6.45) is 0.710. The van der Waals surface area contributed by atoms with Gasteiger partial charge >= 0.3 is 0 Å². The standard InChI is InChI=1S/C24H28N4O4S/c1-3-28(4-2)19-8-6-18(7-9-19)23-26-27-24(32-23)33-16-22(29)25-12-11-17-5-10-20-21(15-17)31-14-13-30-20/h5-10,15H,3-4,11-14,16H2,1-2H3,(H,25,29). The molecular formula is C24H28N4O4S. The summed E-state index contributed by atoms with van der Waals surface area (Å²) >= 11 is 1.23. The van der Waals surface area contributed by atoms with Crippen LogP contribution in [0.15, 0.2) is 52.1 Å². The first-order valence-electron chi connectivity index (χ1n) is 11.1. The molecule has 0 aliphatic carbocycles. The molecule has 0 unspecified atom stereocenters. The van der Waals surface area contributed by atoms with Gasteiger partial charge in [0.05, 0.1) is 5.75 Å². The monoisotopic (exact) mass is 468 g/mol. The number of hydrogen-bond donors (Lipinski definition) is 1. The highest BCUT2D eigenvalue weighted by atomic mass is 32.2. The Morgan fingerprint density at radius 2 is 1.79 bits per heavy atom. The lowest BCUT2D eigenvalue weighted by molar-refractivity contribution is -0.118. The smallest absolute Gasteiger partial charge is 0.277 e. The molecule has 1 N–H and O–H groups in total. The Bertz CT molecular complexity index is 1070. The summed E-state index contributed by atoms with van der Waals surface area (Å²) in [5.41, 5.74) is 3.10. The zero-order chi connectivity index (χ0) is 23.0. The number of benzene rings is 2. The number of anilines is 1. The van der Waals surface area contributed by atoms with Crippen molar-refractivity contribution in [2.45, 2.75) is 25.5 Å². The summed E-state index contributed by atoms with van der Waals surface area (Å²) in [7, 11) is 0. The van der Waals surface area contributed by atoms with Gasteiger partial charge in [-0.3, -0.25) is 4.79 Å². The summed E-state index contributed by atoms with van der Waals surface area (Å²) in [6, 6.07) is 13.9. The fourth-order valence-electron chi connectivity index (χ4n) is 3.56. The highest BCUT2D eigenvalue weighted by Gasteiger charge is 2.13. The molecule has 0 spiro atoms. The minimum atomic E-state index is -0.0825. The maximum absolute atomic E-state index is 12.2. The van der Waals surface area contributed by atoms with Crippen LogP contribution in [0.2, 0.25) is 0 Å². The molecule has 0 saturated carbocycles. The summed E-state index contributed by atoms with van der Waals surface area (Å²) in [4.78, 5) is 14.5. The molecule has 33 heavy (non-hydrogen) atoms. The van der Waals surface area contributed by atoms with E-state index in [4.69, 9.17) is 13.9 Å². The third-order valence-electron chi connectivity index (χ3n) is 5.32. The predicted molar refractivity (Wildman–Crippen MR) is 128 cm³/mol. The van der Waals surface area contributed by atoms with Gasteiger partial charge in [0.2, 0.25) is 11.8 Å². The van der Waals surface area contributed by atoms with Gasteiger partial charge in [-0.25, -0.2) is 0 Å². The number of aromatic nitrogens is 2. The summed E-state index contributed by atoms with van der Waals surface area (Å²) < 4.78 is 16.8. The van der Waals surface area contributed by atoms with E-state index in [9.17, 15) is 4.79 Å². The number of fused-ring (bicyclic) bond motifs is 1. The molecule has 0 bridgehead atoms. The van der Waals surface area contributed by atoms with Crippen LogP contribution in [0.3, 0.4) is 0 Å². The first kappa shape index (κ1) is 23.0. The quantitative estimate of drug-likeness (QED) is 0.450. The highest BCUT2D eigenvalue weighted by molar-refractivity contribution is 7.99. The van der Waals surface area contributed by atoms with Crippen LogP contribution in [0.1, 0.15) is 19.4 Å². The van der Waals surface area contributed by atoms with E-state index in [1.807, 2.05) is 30.3 Å². The lowest BCUT2D eigenvalue weighted by Gasteiger charge is -2.20. The number of carbonyl (C=O) groups excluding carboxylic acids is 1. The molecule has 0 atom stereocenters. The SMILES string of the molecule is CCN(CC)c1ccc(-c2nnc(SCC(=O)NCCc3ccc4c(c3)OCCO4)o2)cc1. The number of carbonyl (C=O) groups is 1. The zero-order valence-electron chi connectivity index (χ0n) is 18.9. The minimum absolute atomic E-state index is 0.0825. The van der Waals surface area contributed by atoms with E-state index in [0.717, 1.165) is 41.4 Å². The normalized spacial score (nSPS) is 12.4. The first-order chi connectivity index (χ1) is 16.2. The van der Waals surface area contributed by atoms with Crippen molar-refractivity contribution in [3.8, 4) is 23.0 Å². The summed E-state index contributed by atoms with van der Waals surface area (Å²) in [6.45, 7) is 7.84. The van der Waals surface area contributed by atoms with Crippen molar-refractivity contribution in [2.24, 2.45) is 0 Å². The van der Waals surface area contributed by atoms with Crippen LogP contribution < -0.4 is 19.7 Å². The number of ether oxygens (including phenoxy) is 2. The van der Waals surface area contributed by atoms with Crippen LogP contribution in [0.25, 0.3) is 11.5 Å². The molecule has 2 aromatic carbocycles.